The van der Waals surface area contributed by atoms with E-state index in [-0.39, 0.29) is 16.2 Å². The van der Waals surface area contributed by atoms with Crippen molar-refractivity contribution in [3.63, 3.8) is 0 Å². The minimum atomic E-state index is -4.02. The van der Waals surface area contributed by atoms with Crippen LogP contribution < -0.4 is 19.5 Å². The maximum atomic E-state index is 13.1. The highest BCUT2D eigenvalue weighted by Gasteiger charge is 2.22. The van der Waals surface area contributed by atoms with Gasteiger partial charge in [0.2, 0.25) is 0 Å². The molecule has 0 aromatic heterocycles. The Morgan fingerprint density at radius 2 is 1.56 bits per heavy atom. The molecule has 0 radical (unpaired) electrons. The summed E-state index contributed by atoms with van der Waals surface area (Å²) < 4.78 is 44.7. The molecule has 0 unspecified atom stereocenters. The van der Waals surface area contributed by atoms with Crippen LogP contribution >= 0.6 is 0 Å². The number of carbonyl (C=O) groups is 1. The van der Waals surface area contributed by atoms with Crippen LogP contribution in [0.15, 0.2) is 65.6 Å². The van der Waals surface area contributed by atoms with Crippen molar-refractivity contribution in [1.29, 1.82) is 0 Å². The predicted molar refractivity (Wildman–Crippen MR) is 131 cm³/mol. The van der Waals surface area contributed by atoms with E-state index in [9.17, 15) is 13.2 Å². The number of hydrogen-bond acceptors (Lipinski definition) is 6. The smallest absolute Gasteiger partial charge is 0.265 e. The summed E-state index contributed by atoms with van der Waals surface area (Å²) in [6.45, 7) is 4.54. The molecule has 3 aromatic rings. The zero-order chi connectivity index (χ0) is 24.7. The Hall–Kier alpha value is -3.56. The van der Waals surface area contributed by atoms with Gasteiger partial charge in [-0.25, -0.2) is 8.42 Å². The van der Waals surface area contributed by atoms with Crippen molar-refractivity contribution in [3.05, 3.63) is 77.4 Å². The van der Waals surface area contributed by atoms with Crippen LogP contribution in [0.25, 0.3) is 0 Å². The predicted octanol–water partition coefficient (Wildman–Crippen LogP) is 4.39. The molecule has 0 atom stereocenters. The Morgan fingerprint density at radius 1 is 0.853 bits per heavy atom. The van der Waals surface area contributed by atoms with Crippen LogP contribution in [0.5, 0.6) is 11.5 Å². The van der Waals surface area contributed by atoms with Crippen LogP contribution in [0.4, 0.5) is 11.4 Å². The van der Waals surface area contributed by atoms with Gasteiger partial charge in [0.25, 0.3) is 15.9 Å². The largest absolute Gasteiger partial charge is 0.495 e. The molecule has 0 aliphatic heterocycles. The van der Waals surface area contributed by atoms with Crippen LogP contribution in [-0.4, -0.2) is 41.8 Å². The molecule has 0 saturated heterocycles. The van der Waals surface area contributed by atoms with E-state index >= 15 is 0 Å². The number of methoxy groups -OCH3 is 2. The lowest BCUT2D eigenvalue weighted by atomic mass is 10.1. The summed E-state index contributed by atoms with van der Waals surface area (Å²) in [5.74, 6) is 0.123. The van der Waals surface area contributed by atoms with E-state index < -0.39 is 15.9 Å². The topological polar surface area (TPSA) is 103 Å². The third kappa shape index (κ3) is 6.27. The molecule has 1 amide bonds. The first-order valence-corrected chi connectivity index (χ1v) is 12.0. The zero-order valence-corrected chi connectivity index (χ0v) is 20.4. The Bertz CT molecular complexity index is 1260. The van der Waals surface area contributed by atoms with Gasteiger partial charge in [-0.05, 0) is 61.9 Å². The average Bonchev–Trinajstić information content (AvgIpc) is 2.81. The summed E-state index contributed by atoms with van der Waals surface area (Å²) in [6.07, 6.45) is 0. The maximum Gasteiger partial charge on any atom is 0.265 e. The van der Waals surface area contributed by atoms with Gasteiger partial charge in [0.15, 0.2) is 0 Å². The number of sulfonamides is 1. The highest BCUT2D eigenvalue weighted by molar-refractivity contribution is 7.92. The molecule has 3 aromatic carbocycles. The molecule has 34 heavy (non-hydrogen) atoms. The second kappa shape index (κ2) is 11.0. The number of ether oxygens (including phenoxy) is 3. The summed E-state index contributed by atoms with van der Waals surface area (Å²) in [7, 11) is -1.07. The minimum Gasteiger partial charge on any atom is -0.495 e. The van der Waals surface area contributed by atoms with Crippen LogP contribution in [0.1, 0.15) is 21.5 Å². The summed E-state index contributed by atoms with van der Waals surface area (Å²) in [5.41, 5.74) is 2.98. The third-order valence-corrected chi connectivity index (χ3v) is 6.35. The third-order valence-electron chi connectivity index (χ3n) is 4.95. The lowest BCUT2D eigenvalue weighted by Crippen LogP contribution is -2.17. The Labute approximate surface area is 199 Å². The number of aryl methyl sites for hydroxylation is 2. The van der Waals surface area contributed by atoms with Gasteiger partial charge >= 0.3 is 0 Å². The van der Waals surface area contributed by atoms with E-state index in [1.165, 1.54) is 25.3 Å². The first-order chi connectivity index (χ1) is 16.2. The molecule has 9 heteroatoms. The van der Waals surface area contributed by atoms with Crippen molar-refractivity contribution in [2.45, 2.75) is 18.7 Å². The number of nitrogens with one attached hydrogen (secondary N) is 2. The van der Waals surface area contributed by atoms with E-state index in [1.807, 2.05) is 19.9 Å². The van der Waals surface area contributed by atoms with Crippen molar-refractivity contribution in [2.75, 3.05) is 37.5 Å². The van der Waals surface area contributed by atoms with Gasteiger partial charge in [-0.3, -0.25) is 9.52 Å². The normalized spacial score (nSPS) is 11.1. The van der Waals surface area contributed by atoms with Crippen LogP contribution in [0.3, 0.4) is 0 Å². The van der Waals surface area contributed by atoms with E-state index in [0.717, 1.165) is 11.1 Å². The van der Waals surface area contributed by atoms with Crippen molar-refractivity contribution in [2.24, 2.45) is 0 Å². The number of amides is 1. The lowest BCUT2D eigenvalue weighted by molar-refractivity contribution is 0.102. The summed E-state index contributed by atoms with van der Waals surface area (Å²) in [5, 5.41) is 2.79. The summed E-state index contributed by atoms with van der Waals surface area (Å²) in [4.78, 5) is 12.9. The average molecular weight is 485 g/mol. The highest BCUT2D eigenvalue weighted by atomic mass is 32.2. The second-order valence-corrected chi connectivity index (χ2v) is 9.28. The van der Waals surface area contributed by atoms with E-state index in [2.05, 4.69) is 10.0 Å². The van der Waals surface area contributed by atoms with Gasteiger partial charge < -0.3 is 19.5 Å². The van der Waals surface area contributed by atoms with Gasteiger partial charge in [-0.1, -0.05) is 23.8 Å². The van der Waals surface area contributed by atoms with E-state index in [4.69, 9.17) is 14.2 Å². The molecule has 0 bridgehead atoms. The second-order valence-electron chi connectivity index (χ2n) is 7.63. The monoisotopic (exact) mass is 484 g/mol. The Balaban J connectivity index is 1.88. The van der Waals surface area contributed by atoms with Gasteiger partial charge in [0.1, 0.15) is 23.0 Å². The minimum absolute atomic E-state index is 0.120. The lowest BCUT2D eigenvalue weighted by Gasteiger charge is -2.15. The fourth-order valence-electron chi connectivity index (χ4n) is 3.14. The highest BCUT2D eigenvalue weighted by Crippen LogP contribution is 2.29. The standard InChI is InChI=1S/C25H28N2O6S/c1-17-5-9-20(10-6-17)27-34(29,30)24-16-19(8-12-22(24)32-4)25(28)26-21-11-7-18(2)15-23(21)33-14-13-31-3/h5-12,15-16,27H,13-14H2,1-4H3,(H,26,28). The molecule has 2 N–H and O–H groups in total. The zero-order valence-electron chi connectivity index (χ0n) is 19.5. The number of hydrogen-bond donors (Lipinski definition) is 2. The molecule has 180 valence electrons. The van der Waals surface area contributed by atoms with Gasteiger partial charge in [0.05, 0.1) is 19.4 Å². The maximum absolute atomic E-state index is 13.1. The molecule has 0 aliphatic rings. The molecule has 0 aliphatic carbocycles. The Kier molecular flexibility index (Phi) is 8.14. The van der Waals surface area contributed by atoms with Gasteiger partial charge in [0, 0.05) is 18.4 Å². The van der Waals surface area contributed by atoms with Crippen molar-refractivity contribution in [3.8, 4) is 11.5 Å². The molecule has 0 saturated carbocycles. The van der Waals surface area contributed by atoms with Crippen LogP contribution in [-0.2, 0) is 14.8 Å². The number of benzene rings is 3. The summed E-state index contributed by atoms with van der Waals surface area (Å²) in [6, 6.07) is 16.5. The molecular weight excluding hydrogens is 456 g/mol. The molecule has 3 rings (SSSR count). The van der Waals surface area contributed by atoms with Crippen molar-refractivity contribution >= 4 is 27.3 Å². The van der Waals surface area contributed by atoms with Gasteiger partial charge in [-0.15, -0.1) is 0 Å². The first-order valence-electron chi connectivity index (χ1n) is 10.5. The fraction of sp³-hybridized carbons (Fsp3) is 0.240. The van der Waals surface area contributed by atoms with E-state index in [1.54, 1.807) is 43.5 Å². The van der Waals surface area contributed by atoms with Crippen LogP contribution in [0.2, 0.25) is 0 Å². The molecule has 0 fully saturated rings. The number of anilines is 2. The summed E-state index contributed by atoms with van der Waals surface area (Å²) >= 11 is 0. The van der Waals surface area contributed by atoms with Gasteiger partial charge in [-0.2, -0.15) is 0 Å². The quantitative estimate of drug-likeness (QED) is 0.414. The van der Waals surface area contributed by atoms with Crippen molar-refractivity contribution in [1.82, 2.24) is 0 Å². The van der Waals surface area contributed by atoms with Crippen LogP contribution in [0, 0.1) is 13.8 Å². The SMILES string of the molecule is COCCOc1cc(C)ccc1NC(=O)c1ccc(OC)c(S(=O)(=O)Nc2ccc(C)cc2)c1. The molecule has 0 spiro atoms. The first kappa shape index (κ1) is 25.1. The van der Waals surface area contributed by atoms with Crippen molar-refractivity contribution < 1.29 is 27.4 Å². The fourth-order valence-corrected chi connectivity index (χ4v) is 4.40. The number of carbonyl (C=O) groups excluding carboxylic acids is 1. The Morgan fingerprint density at radius 3 is 2.24 bits per heavy atom. The molecule has 8 nitrogen and oxygen atoms in total. The molecule has 0 heterocycles. The number of rotatable bonds is 10. The molecular formula is C25H28N2O6S. The van der Waals surface area contributed by atoms with E-state index in [0.29, 0.717) is 30.3 Å².